The fourth-order valence-corrected chi connectivity index (χ4v) is 2.99. The molecule has 118 valence electrons. The Hall–Kier alpha value is -2.35. The van der Waals surface area contributed by atoms with Crippen LogP contribution in [0, 0.1) is 0 Å². The first-order valence-electron chi connectivity index (χ1n) is 6.86. The highest BCUT2D eigenvalue weighted by molar-refractivity contribution is 7.92. The number of aromatic amines is 2. The SMILES string of the molecule is CCCCc1ccc(NS(=O)(=O)c2c[nH]c(=O)[nH]c2=O)cc1. The van der Waals surface area contributed by atoms with Crippen LogP contribution >= 0.6 is 0 Å². The Bertz CT molecular complexity index is 851. The van der Waals surface area contributed by atoms with E-state index in [0.717, 1.165) is 31.0 Å². The van der Waals surface area contributed by atoms with Crippen molar-refractivity contribution in [3.8, 4) is 0 Å². The summed E-state index contributed by atoms with van der Waals surface area (Å²) in [6.45, 7) is 2.10. The Morgan fingerprint density at radius 3 is 2.41 bits per heavy atom. The van der Waals surface area contributed by atoms with Crippen molar-refractivity contribution in [2.45, 2.75) is 31.1 Å². The third-order valence-electron chi connectivity index (χ3n) is 3.10. The third kappa shape index (κ3) is 3.85. The van der Waals surface area contributed by atoms with Crippen molar-refractivity contribution in [3.05, 3.63) is 56.9 Å². The Kier molecular flexibility index (Phi) is 4.81. The number of hydrogen-bond donors (Lipinski definition) is 3. The number of sulfonamides is 1. The lowest BCUT2D eigenvalue weighted by atomic mass is 10.1. The summed E-state index contributed by atoms with van der Waals surface area (Å²) >= 11 is 0. The normalized spacial score (nSPS) is 11.3. The smallest absolute Gasteiger partial charge is 0.313 e. The Balaban J connectivity index is 2.21. The van der Waals surface area contributed by atoms with Crippen molar-refractivity contribution in [1.29, 1.82) is 0 Å². The van der Waals surface area contributed by atoms with Gasteiger partial charge in [0, 0.05) is 11.9 Å². The number of hydrogen-bond acceptors (Lipinski definition) is 4. The number of nitrogens with one attached hydrogen (secondary N) is 3. The predicted molar refractivity (Wildman–Crippen MR) is 83.5 cm³/mol. The molecule has 0 unspecified atom stereocenters. The van der Waals surface area contributed by atoms with Crippen LogP contribution in [0.15, 0.2) is 44.9 Å². The molecule has 7 nitrogen and oxygen atoms in total. The minimum Gasteiger partial charge on any atom is -0.313 e. The molecule has 1 aromatic heterocycles. The van der Waals surface area contributed by atoms with E-state index in [0.29, 0.717) is 5.69 Å². The highest BCUT2D eigenvalue weighted by atomic mass is 32.2. The van der Waals surface area contributed by atoms with E-state index in [1.807, 2.05) is 17.1 Å². The van der Waals surface area contributed by atoms with Gasteiger partial charge in [-0.2, -0.15) is 0 Å². The summed E-state index contributed by atoms with van der Waals surface area (Å²) in [6.07, 6.45) is 3.96. The van der Waals surface area contributed by atoms with Crippen LogP contribution in [0.1, 0.15) is 25.3 Å². The van der Waals surface area contributed by atoms with Crippen LogP contribution in [0.2, 0.25) is 0 Å². The van der Waals surface area contributed by atoms with Crippen LogP contribution < -0.4 is 16.0 Å². The lowest BCUT2D eigenvalue weighted by Crippen LogP contribution is -2.29. The molecule has 22 heavy (non-hydrogen) atoms. The maximum absolute atomic E-state index is 12.1. The molecule has 0 saturated heterocycles. The first kappa shape index (κ1) is 16.0. The molecule has 2 rings (SSSR count). The van der Waals surface area contributed by atoms with Gasteiger partial charge in [-0.1, -0.05) is 25.5 Å². The molecule has 0 spiro atoms. The molecule has 1 heterocycles. The molecule has 0 aliphatic rings. The van der Waals surface area contributed by atoms with Gasteiger partial charge in [0.15, 0.2) is 4.90 Å². The number of H-pyrrole nitrogens is 2. The molecular formula is C14H17N3O4S. The summed E-state index contributed by atoms with van der Waals surface area (Å²) in [6, 6.07) is 6.96. The number of unbranched alkanes of at least 4 members (excludes halogenated alkanes) is 1. The molecule has 0 saturated carbocycles. The van der Waals surface area contributed by atoms with E-state index in [4.69, 9.17) is 0 Å². The fourth-order valence-electron chi connectivity index (χ4n) is 1.93. The van der Waals surface area contributed by atoms with Crippen molar-refractivity contribution in [2.24, 2.45) is 0 Å². The molecule has 8 heteroatoms. The highest BCUT2D eigenvalue weighted by Gasteiger charge is 2.18. The van der Waals surface area contributed by atoms with Gasteiger partial charge in [0.1, 0.15) is 0 Å². The van der Waals surface area contributed by atoms with E-state index in [-0.39, 0.29) is 0 Å². The van der Waals surface area contributed by atoms with Crippen molar-refractivity contribution in [3.63, 3.8) is 0 Å². The Labute approximate surface area is 127 Å². The number of anilines is 1. The minimum atomic E-state index is -4.05. The van der Waals surface area contributed by atoms with Crippen LogP contribution in [0.4, 0.5) is 5.69 Å². The van der Waals surface area contributed by atoms with Crippen LogP contribution in [0.25, 0.3) is 0 Å². The second-order valence-corrected chi connectivity index (χ2v) is 6.49. The number of benzene rings is 1. The van der Waals surface area contributed by atoms with Crippen molar-refractivity contribution in [1.82, 2.24) is 9.97 Å². The van der Waals surface area contributed by atoms with E-state index in [2.05, 4.69) is 16.6 Å². The van der Waals surface area contributed by atoms with Gasteiger partial charge in [0.2, 0.25) is 0 Å². The van der Waals surface area contributed by atoms with E-state index < -0.39 is 26.2 Å². The van der Waals surface area contributed by atoms with Crippen LogP contribution in [-0.2, 0) is 16.4 Å². The predicted octanol–water partition coefficient (Wildman–Crippen LogP) is 1.21. The molecule has 0 radical (unpaired) electrons. The first-order chi connectivity index (χ1) is 10.4. The zero-order valence-electron chi connectivity index (χ0n) is 12.0. The average molecular weight is 323 g/mol. The molecular weight excluding hydrogens is 306 g/mol. The second kappa shape index (κ2) is 6.61. The van der Waals surface area contributed by atoms with E-state index in [9.17, 15) is 18.0 Å². The van der Waals surface area contributed by atoms with Gasteiger partial charge < -0.3 is 4.98 Å². The summed E-state index contributed by atoms with van der Waals surface area (Å²) in [5.41, 5.74) is -0.252. The summed E-state index contributed by atoms with van der Waals surface area (Å²) in [5.74, 6) is 0. The topological polar surface area (TPSA) is 112 Å². The lowest BCUT2D eigenvalue weighted by molar-refractivity contribution is 0.599. The monoisotopic (exact) mass is 323 g/mol. The third-order valence-corrected chi connectivity index (χ3v) is 4.49. The van der Waals surface area contributed by atoms with Gasteiger partial charge >= 0.3 is 5.69 Å². The summed E-state index contributed by atoms with van der Waals surface area (Å²) in [7, 11) is -4.05. The largest absolute Gasteiger partial charge is 0.325 e. The van der Waals surface area contributed by atoms with Gasteiger partial charge in [-0.25, -0.2) is 13.2 Å². The molecule has 0 fully saturated rings. The van der Waals surface area contributed by atoms with E-state index >= 15 is 0 Å². The van der Waals surface area contributed by atoms with Crippen LogP contribution in [0.3, 0.4) is 0 Å². The van der Waals surface area contributed by atoms with Crippen LogP contribution in [0.5, 0.6) is 0 Å². The highest BCUT2D eigenvalue weighted by Crippen LogP contribution is 2.15. The fraction of sp³-hybridized carbons (Fsp3) is 0.286. The van der Waals surface area contributed by atoms with Gasteiger partial charge in [0.25, 0.3) is 15.6 Å². The molecule has 0 bridgehead atoms. The number of aromatic nitrogens is 2. The molecule has 2 aromatic rings. The molecule has 3 N–H and O–H groups in total. The average Bonchev–Trinajstić information content (AvgIpc) is 2.45. The summed E-state index contributed by atoms with van der Waals surface area (Å²) in [4.78, 5) is 26.0. The minimum absolute atomic E-state index is 0.353. The standard InChI is InChI=1S/C14H17N3O4S/c1-2-3-4-10-5-7-11(8-6-10)17-22(20,21)12-9-15-14(19)16-13(12)18/h5-9,17H,2-4H2,1H3,(H2,15,16,18,19). The second-order valence-electron chi connectivity index (χ2n) is 4.84. The Morgan fingerprint density at radius 1 is 1.14 bits per heavy atom. The zero-order chi connectivity index (χ0) is 16.2. The van der Waals surface area contributed by atoms with Crippen molar-refractivity contribution < 1.29 is 8.42 Å². The molecule has 0 atom stereocenters. The van der Waals surface area contributed by atoms with Gasteiger partial charge in [-0.05, 0) is 30.5 Å². The maximum atomic E-state index is 12.1. The van der Waals surface area contributed by atoms with E-state index in [1.54, 1.807) is 12.1 Å². The van der Waals surface area contributed by atoms with Crippen molar-refractivity contribution >= 4 is 15.7 Å². The number of rotatable bonds is 6. The maximum Gasteiger partial charge on any atom is 0.325 e. The van der Waals surface area contributed by atoms with E-state index in [1.165, 1.54) is 0 Å². The van der Waals surface area contributed by atoms with Crippen molar-refractivity contribution in [2.75, 3.05) is 4.72 Å². The molecule has 0 aliphatic heterocycles. The first-order valence-corrected chi connectivity index (χ1v) is 8.34. The summed E-state index contributed by atoms with van der Waals surface area (Å²) < 4.78 is 26.6. The zero-order valence-corrected chi connectivity index (χ0v) is 12.9. The molecule has 0 amide bonds. The van der Waals surface area contributed by atoms with Gasteiger partial charge in [0.05, 0.1) is 0 Å². The molecule has 1 aromatic carbocycles. The number of aryl methyl sites for hydroxylation is 1. The Morgan fingerprint density at radius 2 is 1.82 bits per heavy atom. The molecule has 0 aliphatic carbocycles. The van der Waals surface area contributed by atoms with Gasteiger partial charge in [-0.3, -0.25) is 14.5 Å². The summed E-state index contributed by atoms with van der Waals surface area (Å²) in [5, 5.41) is 0. The quantitative estimate of drug-likeness (QED) is 0.741. The van der Waals surface area contributed by atoms with Crippen LogP contribution in [-0.4, -0.2) is 18.4 Å². The van der Waals surface area contributed by atoms with Gasteiger partial charge in [-0.15, -0.1) is 0 Å². The lowest BCUT2D eigenvalue weighted by Gasteiger charge is -2.08.